The van der Waals surface area contributed by atoms with Crippen molar-refractivity contribution in [2.45, 2.75) is 0 Å². The van der Waals surface area contributed by atoms with Crippen LogP contribution in [0.3, 0.4) is 0 Å². The van der Waals surface area contributed by atoms with Gasteiger partial charge in [-0.1, -0.05) is 164 Å². The Kier molecular flexibility index (Phi) is 8.04. The van der Waals surface area contributed by atoms with Crippen molar-refractivity contribution in [1.82, 2.24) is 4.57 Å². The molecule has 2 aromatic heterocycles. The van der Waals surface area contributed by atoms with Gasteiger partial charge in [-0.25, -0.2) is 0 Å². The molecule has 0 aliphatic heterocycles. The Morgan fingerprint density at radius 1 is 0.333 bits per heavy atom. The Bertz CT molecular complexity index is 3160. The molecule has 2 heterocycles. The van der Waals surface area contributed by atoms with Crippen LogP contribution in [-0.2, 0) is 0 Å². The molecule has 2 nitrogen and oxygen atoms in total. The second-order valence-corrected chi connectivity index (χ2v) is 15.6. The summed E-state index contributed by atoms with van der Waals surface area (Å²) in [5.74, 6) is 0. The maximum Gasteiger partial charge on any atom is 0.0702 e. The lowest BCUT2D eigenvalue weighted by Gasteiger charge is -2.28. The molecule has 11 aromatic rings. The van der Waals surface area contributed by atoms with E-state index in [1.54, 1.807) is 0 Å². The maximum absolute atomic E-state index is 2.42. The lowest BCUT2D eigenvalue weighted by Crippen LogP contribution is -2.13. The van der Waals surface area contributed by atoms with Gasteiger partial charge in [0.05, 0.1) is 22.4 Å². The Morgan fingerprint density at radius 2 is 0.807 bits per heavy atom. The topological polar surface area (TPSA) is 8.17 Å². The van der Waals surface area contributed by atoms with E-state index in [1.165, 1.54) is 75.4 Å². The molecule has 0 aliphatic carbocycles. The average Bonchev–Trinajstić information content (AvgIpc) is 3.84. The highest BCUT2D eigenvalue weighted by Gasteiger charge is 2.21. The summed E-state index contributed by atoms with van der Waals surface area (Å²) in [6.45, 7) is 0. The molecule has 3 heteroatoms. The molecule has 0 radical (unpaired) electrons. The van der Waals surface area contributed by atoms with E-state index in [0.29, 0.717) is 0 Å². The first-order valence-electron chi connectivity index (χ1n) is 19.4. The van der Waals surface area contributed by atoms with Gasteiger partial charge in [0, 0.05) is 42.3 Å². The van der Waals surface area contributed by atoms with Gasteiger partial charge in [0.2, 0.25) is 0 Å². The number of rotatable bonds is 7. The number of thiophene rings is 1. The zero-order valence-corrected chi connectivity index (χ0v) is 31.9. The lowest BCUT2D eigenvalue weighted by atomic mass is 10.00. The van der Waals surface area contributed by atoms with Gasteiger partial charge in [-0.15, -0.1) is 11.3 Å². The van der Waals surface area contributed by atoms with E-state index in [9.17, 15) is 0 Å². The summed E-state index contributed by atoms with van der Waals surface area (Å²) in [6.07, 6.45) is 0. The SMILES string of the molecule is c1ccc(-c2ccc(-c3ccc(N(c4ccc(-c5cccc6c5sc5ccccc56)cc4)c4ccccc4-n4c5ccccc5c5ccccc54)cc3)cc2)cc1. The molecule has 57 heavy (non-hydrogen) atoms. The summed E-state index contributed by atoms with van der Waals surface area (Å²) in [5.41, 5.74) is 14.1. The zero-order valence-electron chi connectivity index (χ0n) is 31.1. The molecular formula is C54H36N2S. The van der Waals surface area contributed by atoms with Crippen molar-refractivity contribution in [3.63, 3.8) is 0 Å². The van der Waals surface area contributed by atoms with Crippen LogP contribution < -0.4 is 4.90 Å². The van der Waals surface area contributed by atoms with Crippen molar-refractivity contribution >= 4 is 70.4 Å². The van der Waals surface area contributed by atoms with Gasteiger partial charge in [0.1, 0.15) is 0 Å². The van der Waals surface area contributed by atoms with Gasteiger partial charge in [-0.3, -0.25) is 0 Å². The fourth-order valence-corrected chi connectivity index (χ4v) is 9.74. The zero-order chi connectivity index (χ0) is 37.7. The van der Waals surface area contributed by atoms with E-state index in [2.05, 4.69) is 228 Å². The number of benzene rings is 9. The fraction of sp³-hybridized carbons (Fsp3) is 0. The number of aromatic nitrogens is 1. The van der Waals surface area contributed by atoms with E-state index in [4.69, 9.17) is 0 Å². The van der Waals surface area contributed by atoms with Gasteiger partial charge >= 0.3 is 0 Å². The van der Waals surface area contributed by atoms with E-state index in [-0.39, 0.29) is 0 Å². The summed E-state index contributed by atoms with van der Waals surface area (Å²) >= 11 is 1.88. The van der Waals surface area contributed by atoms with E-state index >= 15 is 0 Å². The van der Waals surface area contributed by atoms with Crippen LogP contribution in [0.1, 0.15) is 0 Å². The third-order valence-corrected chi connectivity index (χ3v) is 12.5. The van der Waals surface area contributed by atoms with Crippen LogP contribution in [0.15, 0.2) is 218 Å². The van der Waals surface area contributed by atoms with E-state index in [1.807, 2.05) is 11.3 Å². The summed E-state index contributed by atoms with van der Waals surface area (Å²) < 4.78 is 5.07. The van der Waals surface area contributed by atoms with E-state index in [0.717, 1.165) is 22.7 Å². The molecule has 0 saturated carbocycles. The standard InChI is InChI=1S/C54H36N2S/c1-2-13-37(14-3-1)38-25-27-39(28-26-38)40-29-33-42(34-30-40)55(43-35-31-41(32-36-43)44-18-12-19-48-47-17-6-11-24-53(47)57-54(44)48)51-22-9-10-23-52(51)56-49-20-7-4-15-45(49)46-16-5-8-21-50(46)56/h1-36H. The van der Waals surface area contributed by atoms with Crippen molar-refractivity contribution in [2.24, 2.45) is 0 Å². The van der Waals surface area contributed by atoms with Crippen molar-refractivity contribution in [3.8, 4) is 39.1 Å². The first-order chi connectivity index (χ1) is 28.3. The third kappa shape index (κ3) is 5.71. The molecule has 0 fully saturated rings. The number of anilines is 3. The molecule has 0 N–H and O–H groups in total. The quantitative estimate of drug-likeness (QED) is 0.158. The number of fused-ring (bicyclic) bond motifs is 6. The highest BCUT2D eigenvalue weighted by atomic mass is 32.1. The van der Waals surface area contributed by atoms with Gasteiger partial charge < -0.3 is 9.47 Å². The Morgan fingerprint density at radius 3 is 1.46 bits per heavy atom. The first kappa shape index (κ1) is 33.2. The number of para-hydroxylation sites is 4. The predicted molar refractivity (Wildman–Crippen MR) is 245 cm³/mol. The normalized spacial score (nSPS) is 11.5. The predicted octanol–water partition coefficient (Wildman–Crippen LogP) is 15.6. The molecule has 268 valence electrons. The Hall–Kier alpha value is -7.20. The van der Waals surface area contributed by atoms with Crippen LogP contribution in [0.4, 0.5) is 17.1 Å². The minimum absolute atomic E-state index is 1.09. The molecule has 0 amide bonds. The summed E-state index contributed by atoms with van der Waals surface area (Å²) in [7, 11) is 0. The average molecular weight is 745 g/mol. The second kappa shape index (κ2) is 13.8. The molecule has 9 aromatic carbocycles. The molecular weight excluding hydrogens is 709 g/mol. The van der Waals surface area contributed by atoms with Gasteiger partial charge in [0.25, 0.3) is 0 Å². The van der Waals surface area contributed by atoms with Crippen molar-refractivity contribution in [1.29, 1.82) is 0 Å². The van der Waals surface area contributed by atoms with E-state index < -0.39 is 0 Å². The Balaban J connectivity index is 1.05. The van der Waals surface area contributed by atoms with Gasteiger partial charge in [0.15, 0.2) is 0 Å². The number of hydrogen-bond donors (Lipinski definition) is 0. The molecule has 0 atom stereocenters. The van der Waals surface area contributed by atoms with Crippen LogP contribution in [0.25, 0.3) is 81.0 Å². The van der Waals surface area contributed by atoms with Crippen molar-refractivity contribution in [3.05, 3.63) is 218 Å². The molecule has 0 aliphatic rings. The molecule has 0 saturated heterocycles. The first-order valence-corrected chi connectivity index (χ1v) is 20.2. The van der Waals surface area contributed by atoms with Crippen LogP contribution >= 0.6 is 11.3 Å². The summed E-state index contributed by atoms with van der Waals surface area (Å²) in [4.78, 5) is 2.41. The monoisotopic (exact) mass is 744 g/mol. The highest BCUT2D eigenvalue weighted by Crippen LogP contribution is 2.44. The fourth-order valence-electron chi connectivity index (χ4n) is 8.50. The van der Waals surface area contributed by atoms with Crippen LogP contribution in [-0.4, -0.2) is 4.57 Å². The highest BCUT2D eigenvalue weighted by molar-refractivity contribution is 7.26. The minimum Gasteiger partial charge on any atom is -0.308 e. The van der Waals surface area contributed by atoms with Crippen molar-refractivity contribution < 1.29 is 0 Å². The minimum atomic E-state index is 1.09. The van der Waals surface area contributed by atoms with Gasteiger partial charge in [-0.05, 0) is 88.0 Å². The number of hydrogen-bond acceptors (Lipinski definition) is 2. The molecule has 0 unspecified atom stereocenters. The largest absolute Gasteiger partial charge is 0.308 e. The summed E-state index contributed by atoms with van der Waals surface area (Å²) in [5, 5.41) is 5.13. The van der Waals surface area contributed by atoms with Crippen LogP contribution in [0.2, 0.25) is 0 Å². The van der Waals surface area contributed by atoms with Crippen LogP contribution in [0, 0.1) is 0 Å². The Labute approximate surface area is 335 Å². The molecule has 0 bridgehead atoms. The van der Waals surface area contributed by atoms with Crippen LogP contribution in [0.5, 0.6) is 0 Å². The lowest BCUT2D eigenvalue weighted by molar-refractivity contribution is 1.15. The summed E-state index contributed by atoms with van der Waals surface area (Å²) in [6, 6.07) is 79.3. The third-order valence-electron chi connectivity index (χ3n) is 11.2. The molecule has 11 rings (SSSR count). The molecule has 0 spiro atoms. The number of nitrogens with zero attached hydrogens (tertiary/aromatic N) is 2. The maximum atomic E-state index is 2.42. The second-order valence-electron chi connectivity index (χ2n) is 14.5. The van der Waals surface area contributed by atoms with Crippen molar-refractivity contribution in [2.75, 3.05) is 4.90 Å². The van der Waals surface area contributed by atoms with Gasteiger partial charge in [-0.2, -0.15) is 0 Å². The smallest absolute Gasteiger partial charge is 0.0702 e.